The predicted molar refractivity (Wildman–Crippen MR) is 52.8 cm³/mol. The number of aromatic hydroxyl groups is 1. The summed E-state index contributed by atoms with van der Waals surface area (Å²) >= 11 is -2.60. The Morgan fingerprint density at radius 3 is 2.39 bits per heavy atom. The molecule has 0 aliphatic rings. The Morgan fingerprint density at radius 2 is 1.94 bits per heavy atom. The van der Waals surface area contributed by atoms with Crippen molar-refractivity contribution in [3.63, 3.8) is 0 Å². The second kappa shape index (κ2) is 5.71. The summed E-state index contributed by atoms with van der Waals surface area (Å²) in [4.78, 5) is 30.1. The van der Waals surface area contributed by atoms with Gasteiger partial charge >= 0.3 is 113 Å². The van der Waals surface area contributed by atoms with Crippen molar-refractivity contribution in [2.45, 2.75) is 6.92 Å². The molecule has 0 atom stereocenters. The van der Waals surface area contributed by atoms with Crippen molar-refractivity contribution in [2.24, 2.45) is 0 Å². The SMILES string of the molecule is CC(=O)[O][Hg][c]1cc([N+](=O)[O-])cc([N+](=O)[O-])c1O. The number of carbonyl (C=O) groups is 1. The standard InChI is InChI=1S/C6H3N2O5.C2H4O2.Hg/c9-6-2-1-4(7(10)11)3-5(6)8(12)13;1-2(3)4;/h1,3,9H;1H3,(H,3,4);/q;;+1/p-1. The van der Waals surface area contributed by atoms with Crippen molar-refractivity contribution in [1.29, 1.82) is 0 Å². The third-order valence-electron chi connectivity index (χ3n) is 1.99. The number of phenolic OH excluding ortho intramolecular Hbond substituents is 1. The topological polar surface area (TPSA) is 133 Å². The average molecular weight is 443 g/mol. The number of nitro benzene ring substituents is 2. The Bertz CT molecular complexity index is 530. The second-order valence-electron chi connectivity index (χ2n) is 3.27. The summed E-state index contributed by atoms with van der Waals surface area (Å²) in [7, 11) is 0. The van der Waals surface area contributed by atoms with E-state index in [-0.39, 0.29) is 3.07 Å². The molecule has 18 heavy (non-hydrogen) atoms. The third-order valence-corrected chi connectivity index (χ3v) is 7.44. The van der Waals surface area contributed by atoms with Crippen LogP contribution in [0.25, 0.3) is 0 Å². The van der Waals surface area contributed by atoms with Gasteiger partial charge in [0.1, 0.15) is 0 Å². The van der Waals surface area contributed by atoms with Crippen molar-refractivity contribution < 1.29 is 47.4 Å². The summed E-state index contributed by atoms with van der Waals surface area (Å²) in [6.45, 7) is 1.16. The van der Waals surface area contributed by atoms with Gasteiger partial charge < -0.3 is 0 Å². The van der Waals surface area contributed by atoms with E-state index < -0.39 is 58.0 Å². The molecule has 0 heterocycles. The van der Waals surface area contributed by atoms with Crippen molar-refractivity contribution in [3.05, 3.63) is 32.4 Å². The van der Waals surface area contributed by atoms with E-state index in [9.17, 15) is 30.1 Å². The van der Waals surface area contributed by atoms with Crippen molar-refractivity contribution >= 4 is 20.4 Å². The van der Waals surface area contributed by atoms with Gasteiger partial charge in [-0.25, -0.2) is 0 Å². The van der Waals surface area contributed by atoms with Gasteiger partial charge in [0.2, 0.25) is 0 Å². The summed E-state index contributed by atoms with van der Waals surface area (Å²) in [6.07, 6.45) is 0. The molecule has 0 aliphatic carbocycles. The van der Waals surface area contributed by atoms with Crippen molar-refractivity contribution in [1.82, 2.24) is 0 Å². The zero-order chi connectivity index (χ0) is 13.9. The molecule has 1 N–H and O–H groups in total. The first-order valence-electron chi connectivity index (χ1n) is 4.61. The van der Waals surface area contributed by atoms with Crippen LogP contribution < -0.4 is 3.07 Å². The Morgan fingerprint density at radius 1 is 1.33 bits per heavy atom. The molecule has 0 amide bonds. The van der Waals surface area contributed by atoms with Crippen LogP contribution in [-0.4, -0.2) is 20.9 Å². The van der Waals surface area contributed by atoms with E-state index >= 15 is 0 Å². The molecule has 0 aliphatic heterocycles. The Hall–Kier alpha value is -1.77. The maximum atomic E-state index is 10.6. The molecule has 0 aromatic heterocycles. The number of nitrogens with zero attached hydrogens (tertiary/aromatic N) is 2. The van der Waals surface area contributed by atoms with E-state index in [0.717, 1.165) is 13.0 Å². The monoisotopic (exact) mass is 444 g/mol. The zero-order valence-corrected chi connectivity index (χ0v) is 14.7. The van der Waals surface area contributed by atoms with Crippen LogP contribution in [0.4, 0.5) is 11.4 Å². The number of nitro groups is 2. The summed E-state index contributed by atoms with van der Waals surface area (Å²) in [5.74, 6) is -1.24. The molecule has 92 valence electrons. The maximum absolute atomic E-state index is 10.6. The van der Waals surface area contributed by atoms with Crippen LogP contribution >= 0.6 is 0 Å². The minimum atomic E-state index is -2.60. The van der Waals surface area contributed by atoms with E-state index in [4.69, 9.17) is 2.64 Å². The number of carbonyl (C=O) groups excluding carboxylic acids is 1. The second-order valence-corrected chi connectivity index (χ2v) is 8.47. The van der Waals surface area contributed by atoms with Gasteiger partial charge in [-0.2, -0.15) is 0 Å². The molecular weight excluding hydrogens is 437 g/mol. The molecule has 0 spiro atoms. The average Bonchev–Trinajstić information content (AvgIpc) is 2.26. The molecule has 9 nitrogen and oxygen atoms in total. The fourth-order valence-corrected chi connectivity index (χ4v) is 4.96. The Kier molecular flexibility index (Phi) is 4.53. The summed E-state index contributed by atoms with van der Waals surface area (Å²) in [5, 5.41) is 30.8. The van der Waals surface area contributed by atoms with E-state index in [2.05, 4.69) is 0 Å². The number of non-ortho nitro benzene ring substituents is 1. The fraction of sp³-hybridized carbons (Fsp3) is 0.125. The van der Waals surface area contributed by atoms with Crippen LogP contribution in [0.3, 0.4) is 0 Å². The number of hydrogen-bond acceptors (Lipinski definition) is 7. The van der Waals surface area contributed by atoms with E-state index in [1.807, 2.05) is 0 Å². The quantitative estimate of drug-likeness (QED) is 0.405. The van der Waals surface area contributed by atoms with Crippen LogP contribution in [0, 0.1) is 20.2 Å². The van der Waals surface area contributed by atoms with Crippen LogP contribution in [0.5, 0.6) is 5.75 Å². The first kappa shape index (κ1) is 14.3. The van der Waals surface area contributed by atoms with Crippen LogP contribution in [0.1, 0.15) is 6.92 Å². The van der Waals surface area contributed by atoms with Gasteiger partial charge in [0.25, 0.3) is 0 Å². The van der Waals surface area contributed by atoms with Gasteiger partial charge in [0, 0.05) is 0 Å². The summed E-state index contributed by atoms with van der Waals surface area (Å²) in [5.41, 5.74) is -1.27. The zero-order valence-electron chi connectivity index (χ0n) is 9.15. The fourth-order valence-electron chi connectivity index (χ4n) is 1.20. The van der Waals surface area contributed by atoms with Gasteiger partial charge in [0.05, 0.1) is 0 Å². The summed E-state index contributed by atoms with van der Waals surface area (Å²) < 4.78 is 4.78. The molecule has 0 bridgehead atoms. The first-order valence-corrected chi connectivity index (χ1v) is 9.60. The van der Waals surface area contributed by atoms with Gasteiger partial charge in [-0.05, 0) is 0 Å². The van der Waals surface area contributed by atoms with Crippen LogP contribution in [0.2, 0.25) is 0 Å². The Balaban J connectivity index is 3.26. The van der Waals surface area contributed by atoms with E-state index in [0.29, 0.717) is 6.07 Å². The van der Waals surface area contributed by atoms with Gasteiger partial charge in [0.15, 0.2) is 0 Å². The molecule has 0 unspecified atom stereocenters. The number of phenols is 1. The van der Waals surface area contributed by atoms with Crippen molar-refractivity contribution in [2.75, 3.05) is 0 Å². The molecular formula is C8H6HgN2O7. The number of hydrogen-bond donors (Lipinski definition) is 1. The molecule has 0 saturated carbocycles. The molecule has 1 rings (SSSR count). The molecule has 1 aromatic carbocycles. The van der Waals surface area contributed by atoms with Crippen molar-refractivity contribution in [3.8, 4) is 5.75 Å². The Labute approximate surface area is 113 Å². The van der Waals surface area contributed by atoms with Gasteiger partial charge in [-0.15, -0.1) is 0 Å². The van der Waals surface area contributed by atoms with E-state index in [1.54, 1.807) is 0 Å². The van der Waals surface area contributed by atoms with Gasteiger partial charge in [-0.3, -0.25) is 0 Å². The van der Waals surface area contributed by atoms with Crippen LogP contribution in [0.15, 0.2) is 12.1 Å². The molecule has 10 heteroatoms. The molecule has 0 radical (unpaired) electrons. The number of rotatable bonds is 4. The molecule has 0 saturated heterocycles. The predicted octanol–water partition coefficient (Wildman–Crippen LogP) is 0.394. The normalized spacial score (nSPS) is 9.39. The molecule has 0 fully saturated rings. The van der Waals surface area contributed by atoms with Gasteiger partial charge in [-0.1, -0.05) is 0 Å². The van der Waals surface area contributed by atoms with Crippen LogP contribution in [-0.2, 0) is 32.5 Å². The number of benzene rings is 1. The summed E-state index contributed by atoms with van der Waals surface area (Å²) in [6, 6.07) is 1.67. The minimum absolute atomic E-state index is 0.0195. The third kappa shape index (κ3) is 3.36. The van der Waals surface area contributed by atoms with E-state index in [1.165, 1.54) is 0 Å². The molecule has 1 aromatic rings. The first-order chi connectivity index (χ1) is 8.32.